The van der Waals surface area contributed by atoms with Crippen LogP contribution < -0.4 is 5.32 Å². The van der Waals surface area contributed by atoms with Gasteiger partial charge in [-0.05, 0) is 36.6 Å². The van der Waals surface area contributed by atoms with Gasteiger partial charge in [-0.2, -0.15) is 9.36 Å². The van der Waals surface area contributed by atoms with E-state index in [1.54, 1.807) is 25.1 Å². The van der Waals surface area contributed by atoms with Crippen LogP contribution in [-0.4, -0.2) is 30.3 Å². The molecule has 0 aliphatic heterocycles. The van der Waals surface area contributed by atoms with Crippen molar-refractivity contribution in [3.8, 4) is 17.2 Å². The van der Waals surface area contributed by atoms with Gasteiger partial charge in [-0.3, -0.25) is 10.1 Å². The number of anilines is 1. The van der Waals surface area contributed by atoms with Crippen LogP contribution in [0.15, 0.2) is 35.7 Å². The van der Waals surface area contributed by atoms with Crippen LogP contribution in [0, 0.1) is 12.7 Å². The number of amides is 1. The van der Waals surface area contributed by atoms with Crippen molar-refractivity contribution in [3.63, 3.8) is 0 Å². The molecule has 0 aliphatic carbocycles. The van der Waals surface area contributed by atoms with E-state index in [1.807, 2.05) is 5.38 Å². The lowest BCUT2D eigenvalue weighted by molar-refractivity contribution is 0.103. The van der Waals surface area contributed by atoms with Crippen molar-refractivity contribution in [2.45, 2.75) is 6.92 Å². The zero-order valence-electron chi connectivity index (χ0n) is 13.7. The summed E-state index contributed by atoms with van der Waals surface area (Å²) in [6.07, 6.45) is 0. The molecular weight excluding hydrogens is 411 g/mol. The molecule has 136 valence electrons. The molecule has 0 unspecified atom stereocenters. The maximum absolute atomic E-state index is 13.4. The van der Waals surface area contributed by atoms with Gasteiger partial charge in [0.05, 0.1) is 21.3 Å². The van der Waals surface area contributed by atoms with Crippen LogP contribution in [0.4, 0.5) is 9.52 Å². The standard InChI is InChI=1S/C16H10ClFN6OS2/c1-8-13(21-23-24(8)9-4-5-11(18)10(17)7-9)14-19-16(27-22-14)20-15(25)12-3-2-6-26-12/h2-7H,1H3,(H,19,20,22,25). The second-order valence-electron chi connectivity index (χ2n) is 5.39. The van der Waals surface area contributed by atoms with E-state index < -0.39 is 5.82 Å². The van der Waals surface area contributed by atoms with Gasteiger partial charge in [0.1, 0.15) is 5.82 Å². The molecular formula is C16H10ClFN6OS2. The summed E-state index contributed by atoms with van der Waals surface area (Å²) in [5, 5.41) is 13.1. The lowest BCUT2D eigenvalue weighted by atomic mass is 10.3. The third-order valence-electron chi connectivity index (χ3n) is 3.65. The smallest absolute Gasteiger partial charge is 0.267 e. The number of nitrogens with one attached hydrogen (secondary N) is 1. The van der Waals surface area contributed by atoms with E-state index in [1.165, 1.54) is 28.2 Å². The van der Waals surface area contributed by atoms with Gasteiger partial charge in [0.2, 0.25) is 5.13 Å². The minimum atomic E-state index is -0.509. The number of hydrogen-bond acceptors (Lipinski definition) is 7. The van der Waals surface area contributed by atoms with E-state index in [0.29, 0.717) is 32.9 Å². The van der Waals surface area contributed by atoms with Crippen molar-refractivity contribution in [1.82, 2.24) is 24.4 Å². The molecule has 0 fully saturated rings. The molecule has 1 aromatic carbocycles. The number of carbonyl (C=O) groups is 1. The van der Waals surface area contributed by atoms with Gasteiger partial charge in [-0.1, -0.05) is 22.9 Å². The summed E-state index contributed by atoms with van der Waals surface area (Å²) in [7, 11) is 0. The van der Waals surface area contributed by atoms with Crippen molar-refractivity contribution in [2.75, 3.05) is 5.32 Å². The Balaban J connectivity index is 1.60. The quantitative estimate of drug-likeness (QED) is 0.534. The van der Waals surface area contributed by atoms with Gasteiger partial charge in [-0.15, -0.1) is 16.4 Å². The maximum Gasteiger partial charge on any atom is 0.267 e. The molecule has 1 amide bonds. The van der Waals surface area contributed by atoms with Crippen LogP contribution in [0.3, 0.4) is 0 Å². The number of thiophene rings is 1. The fourth-order valence-corrected chi connectivity index (χ4v) is 3.69. The highest BCUT2D eigenvalue weighted by atomic mass is 35.5. The normalized spacial score (nSPS) is 10.9. The highest BCUT2D eigenvalue weighted by Crippen LogP contribution is 2.25. The topological polar surface area (TPSA) is 85.6 Å². The maximum atomic E-state index is 13.4. The Bertz CT molecular complexity index is 1120. The van der Waals surface area contributed by atoms with E-state index in [2.05, 4.69) is 25.0 Å². The average Bonchev–Trinajstić information content (AvgIpc) is 3.38. The summed E-state index contributed by atoms with van der Waals surface area (Å²) in [5.74, 6) is -0.404. The second kappa shape index (κ2) is 7.14. The first kappa shape index (κ1) is 17.7. The van der Waals surface area contributed by atoms with Gasteiger partial charge >= 0.3 is 0 Å². The molecule has 4 aromatic rings. The molecule has 11 heteroatoms. The first-order chi connectivity index (χ1) is 13.0. The summed E-state index contributed by atoms with van der Waals surface area (Å²) in [6, 6.07) is 7.80. The summed E-state index contributed by atoms with van der Waals surface area (Å²) >= 11 is 8.23. The number of carbonyl (C=O) groups excluding carboxylic acids is 1. The van der Waals surface area contributed by atoms with E-state index in [-0.39, 0.29) is 10.9 Å². The number of nitrogens with zero attached hydrogens (tertiary/aromatic N) is 5. The highest BCUT2D eigenvalue weighted by molar-refractivity contribution is 7.12. The molecule has 4 rings (SSSR count). The lowest BCUT2D eigenvalue weighted by Gasteiger charge is -2.04. The first-order valence-corrected chi connectivity index (χ1v) is 9.62. The molecule has 0 bridgehead atoms. The van der Waals surface area contributed by atoms with Crippen molar-refractivity contribution in [3.05, 3.63) is 57.1 Å². The number of halogens is 2. The lowest BCUT2D eigenvalue weighted by Crippen LogP contribution is -2.09. The number of hydrogen-bond donors (Lipinski definition) is 1. The van der Waals surface area contributed by atoms with Gasteiger partial charge in [-0.25, -0.2) is 9.07 Å². The Morgan fingerprint density at radius 1 is 1.33 bits per heavy atom. The molecule has 3 heterocycles. The monoisotopic (exact) mass is 420 g/mol. The van der Waals surface area contributed by atoms with Gasteiger partial charge in [0, 0.05) is 11.5 Å². The van der Waals surface area contributed by atoms with E-state index in [4.69, 9.17) is 11.6 Å². The molecule has 0 saturated heterocycles. The largest absolute Gasteiger partial charge is 0.296 e. The second-order valence-corrected chi connectivity index (χ2v) is 7.49. The van der Waals surface area contributed by atoms with Gasteiger partial charge in [0.25, 0.3) is 5.91 Å². The van der Waals surface area contributed by atoms with Gasteiger partial charge < -0.3 is 0 Å². The van der Waals surface area contributed by atoms with Crippen molar-refractivity contribution < 1.29 is 9.18 Å². The summed E-state index contributed by atoms with van der Waals surface area (Å²) < 4.78 is 19.1. The minimum Gasteiger partial charge on any atom is -0.296 e. The molecule has 0 atom stereocenters. The Labute approximate surface area is 165 Å². The zero-order chi connectivity index (χ0) is 19.0. The Morgan fingerprint density at radius 2 is 2.19 bits per heavy atom. The predicted molar refractivity (Wildman–Crippen MR) is 102 cm³/mol. The zero-order valence-corrected chi connectivity index (χ0v) is 16.1. The van der Waals surface area contributed by atoms with E-state index in [0.717, 1.165) is 11.5 Å². The Morgan fingerprint density at radius 3 is 2.93 bits per heavy atom. The minimum absolute atomic E-state index is 0.00527. The average molecular weight is 421 g/mol. The van der Waals surface area contributed by atoms with Crippen molar-refractivity contribution in [2.24, 2.45) is 0 Å². The van der Waals surface area contributed by atoms with E-state index in [9.17, 15) is 9.18 Å². The first-order valence-electron chi connectivity index (χ1n) is 7.59. The molecule has 0 saturated carbocycles. The van der Waals surface area contributed by atoms with Crippen molar-refractivity contribution in [1.29, 1.82) is 0 Å². The summed E-state index contributed by atoms with van der Waals surface area (Å²) in [4.78, 5) is 17.0. The fraction of sp³-hybridized carbons (Fsp3) is 0.0625. The molecule has 7 nitrogen and oxygen atoms in total. The van der Waals surface area contributed by atoms with E-state index >= 15 is 0 Å². The van der Waals surface area contributed by atoms with Crippen LogP contribution in [-0.2, 0) is 0 Å². The summed E-state index contributed by atoms with van der Waals surface area (Å²) in [5.41, 5.74) is 1.69. The SMILES string of the molecule is Cc1c(-c2nsc(NC(=O)c3cccs3)n2)nnn1-c1ccc(F)c(Cl)c1. The predicted octanol–water partition coefficient (Wildman–Crippen LogP) is 4.20. The molecule has 3 aromatic heterocycles. The number of benzene rings is 1. The molecule has 0 spiro atoms. The van der Waals surface area contributed by atoms with Crippen LogP contribution >= 0.6 is 34.5 Å². The highest BCUT2D eigenvalue weighted by Gasteiger charge is 2.18. The molecule has 1 N–H and O–H groups in total. The Kier molecular flexibility index (Phi) is 4.68. The fourth-order valence-electron chi connectivity index (χ4n) is 2.33. The molecule has 27 heavy (non-hydrogen) atoms. The summed E-state index contributed by atoms with van der Waals surface area (Å²) in [6.45, 7) is 1.79. The Hall–Kier alpha value is -2.69. The van der Waals surface area contributed by atoms with Crippen molar-refractivity contribution >= 4 is 45.5 Å². The number of aromatic nitrogens is 5. The van der Waals surface area contributed by atoms with Crippen LogP contribution in [0.25, 0.3) is 17.2 Å². The van der Waals surface area contributed by atoms with Gasteiger partial charge in [0.15, 0.2) is 11.5 Å². The molecule has 0 radical (unpaired) electrons. The van der Waals surface area contributed by atoms with Crippen LogP contribution in [0.1, 0.15) is 15.4 Å². The number of rotatable bonds is 4. The third kappa shape index (κ3) is 3.46. The van der Waals surface area contributed by atoms with Crippen LogP contribution in [0.5, 0.6) is 0 Å². The molecule has 0 aliphatic rings. The third-order valence-corrected chi connectivity index (χ3v) is 5.43. The van der Waals surface area contributed by atoms with Crippen LogP contribution in [0.2, 0.25) is 5.02 Å².